The molecule has 0 radical (unpaired) electrons. The van der Waals surface area contributed by atoms with Gasteiger partial charge in [0.25, 0.3) is 0 Å². The summed E-state index contributed by atoms with van der Waals surface area (Å²) in [5, 5.41) is 1.52. The van der Waals surface area contributed by atoms with E-state index in [-0.39, 0.29) is 5.82 Å². The second-order valence-corrected chi connectivity index (χ2v) is 8.73. The standard InChI is InChI=1S/C27H29ClFN3/c1-4-5-6-19(2)31-13-15-32(16-14-31)20(3)22-9-12-24-25(28)18-26(30-27(24)17-22)21-7-10-23(29)11-8-21/h7-12,17-18H,2-6,13-16H2,1H3. The van der Waals surface area contributed by atoms with E-state index in [4.69, 9.17) is 16.6 Å². The van der Waals surface area contributed by atoms with Crippen LogP contribution >= 0.6 is 11.6 Å². The van der Waals surface area contributed by atoms with Crippen LogP contribution in [0.5, 0.6) is 0 Å². The number of aromatic nitrogens is 1. The Bertz CT molecular complexity index is 1130. The highest BCUT2D eigenvalue weighted by Crippen LogP contribution is 2.31. The van der Waals surface area contributed by atoms with Crippen LogP contribution in [0, 0.1) is 5.82 Å². The highest BCUT2D eigenvalue weighted by molar-refractivity contribution is 6.35. The molecule has 0 saturated carbocycles. The minimum atomic E-state index is -0.270. The van der Waals surface area contributed by atoms with Crippen molar-refractivity contribution in [3.8, 4) is 11.3 Å². The number of hydrogen-bond acceptors (Lipinski definition) is 3. The summed E-state index contributed by atoms with van der Waals surface area (Å²) in [7, 11) is 0. The number of unbranched alkanes of at least 4 members (excludes halogenated alkanes) is 1. The van der Waals surface area contributed by atoms with Gasteiger partial charge in [0.15, 0.2) is 0 Å². The zero-order chi connectivity index (χ0) is 22.7. The molecule has 0 bridgehead atoms. The average Bonchev–Trinajstić information content (AvgIpc) is 2.82. The van der Waals surface area contributed by atoms with Crippen molar-refractivity contribution in [3.05, 3.63) is 83.8 Å². The molecule has 0 atom stereocenters. The van der Waals surface area contributed by atoms with Gasteiger partial charge in [0, 0.05) is 48.5 Å². The normalized spacial score (nSPS) is 14.1. The highest BCUT2D eigenvalue weighted by Gasteiger charge is 2.20. The number of pyridine rings is 1. The number of fused-ring (bicyclic) bond motifs is 1. The zero-order valence-electron chi connectivity index (χ0n) is 18.6. The van der Waals surface area contributed by atoms with Crippen molar-refractivity contribution in [1.29, 1.82) is 0 Å². The maximum Gasteiger partial charge on any atom is 0.123 e. The van der Waals surface area contributed by atoms with Crippen LogP contribution in [0.25, 0.3) is 27.9 Å². The first kappa shape index (κ1) is 22.3. The van der Waals surface area contributed by atoms with Crippen LogP contribution in [0.1, 0.15) is 31.7 Å². The molecule has 4 rings (SSSR count). The van der Waals surface area contributed by atoms with Gasteiger partial charge in [0.2, 0.25) is 0 Å². The predicted octanol–water partition coefficient (Wildman–Crippen LogP) is 6.99. The SMILES string of the molecule is C=C(CCCC)N1CCN(C(=C)c2ccc3c(Cl)cc(-c4ccc(F)cc4)nc3c2)CC1. The summed E-state index contributed by atoms with van der Waals surface area (Å²) in [6, 6.07) is 14.2. The van der Waals surface area contributed by atoms with Crippen LogP contribution in [0.3, 0.4) is 0 Å². The Morgan fingerprint density at radius 3 is 2.38 bits per heavy atom. The fourth-order valence-electron chi connectivity index (χ4n) is 4.15. The van der Waals surface area contributed by atoms with Crippen molar-refractivity contribution in [1.82, 2.24) is 14.8 Å². The van der Waals surface area contributed by atoms with Crippen LogP contribution in [0.4, 0.5) is 4.39 Å². The molecule has 0 N–H and O–H groups in total. The van der Waals surface area contributed by atoms with Gasteiger partial charge in [-0.3, -0.25) is 0 Å². The molecule has 0 spiro atoms. The lowest BCUT2D eigenvalue weighted by atomic mass is 10.1. The number of hydrogen-bond donors (Lipinski definition) is 0. The third-order valence-electron chi connectivity index (χ3n) is 6.16. The van der Waals surface area contributed by atoms with Gasteiger partial charge in [-0.1, -0.05) is 50.2 Å². The molecule has 1 fully saturated rings. The molecular formula is C27H29ClFN3. The Hall–Kier alpha value is -2.85. The summed E-state index contributed by atoms with van der Waals surface area (Å²) in [5.74, 6) is -0.270. The summed E-state index contributed by atoms with van der Waals surface area (Å²) >= 11 is 6.55. The second-order valence-electron chi connectivity index (χ2n) is 8.32. The minimum Gasteiger partial charge on any atom is -0.372 e. The monoisotopic (exact) mass is 449 g/mol. The molecule has 32 heavy (non-hydrogen) atoms. The molecule has 5 heteroatoms. The average molecular weight is 450 g/mol. The van der Waals surface area contributed by atoms with E-state index in [1.54, 1.807) is 12.1 Å². The number of allylic oxidation sites excluding steroid dienone is 1. The smallest absolute Gasteiger partial charge is 0.123 e. The van der Waals surface area contributed by atoms with Crippen molar-refractivity contribution < 1.29 is 4.39 Å². The largest absolute Gasteiger partial charge is 0.372 e. The van der Waals surface area contributed by atoms with E-state index < -0.39 is 0 Å². The van der Waals surface area contributed by atoms with E-state index >= 15 is 0 Å². The lowest BCUT2D eigenvalue weighted by Gasteiger charge is -2.39. The molecule has 1 aliphatic heterocycles. The third kappa shape index (κ3) is 4.81. The Labute approximate surface area is 194 Å². The van der Waals surface area contributed by atoms with Gasteiger partial charge in [0.1, 0.15) is 5.82 Å². The Kier molecular flexibility index (Phi) is 6.80. The van der Waals surface area contributed by atoms with Gasteiger partial charge >= 0.3 is 0 Å². The maximum atomic E-state index is 13.3. The molecule has 1 aliphatic rings. The Balaban J connectivity index is 1.52. The predicted molar refractivity (Wildman–Crippen MR) is 133 cm³/mol. The first-order chi connectivity index (χ1) is 15.5. The summed E-state index contributed by atoms with van der Waals surface area (Å²) in [6.45, 7) is 14.6. The van der Waals surface area contributed by atoms with Crippen LogP contribution in [-0.2, 0) is 0 Å². The fraction of sp³-hybridized carbons (Fsp3) is 0.296. The number of halogens is 2. The van der Waals surface area contributed by atoms with E-state index in [0.29, 0.717) is 5.02 Å². The first-order valence-electron chi connectivity index (χ1n) is 11.2. The molecule has 2 heterocycles. The minimum absolute atomic E-state index is 0.270. The molecule has 0 aliphatic carbocycles. The van der Waals surface area contributed by atoms with Gasteiger partial charge < -0.3 is 9.80 Å². The maximum absolute atomic E-state index is 13.3. The lowest BCUT2D eigenvalue weighted by Crippen LogP contribution is -2.44. The molecule has 2 aromatic carbocycles. The second kappa shape index (κ2) is 9.74. The van der Waals surface area contributed by atoms with E-state index in [1.807, 2.05) is 18.2 Å². The van der Waals surface area contributed by atoms with E-state index in [0.717, 1.165) is 66.0 Å². The number of rotatable bonds is 7. The molecule has 0 amide bonds. The first-order valence-corrected chi connectivity index (χ1v) is 11.6. The van der Waals surface area contributed by atoms with Gasteiger partial charge in [-0.2, -0.15) is 0 Å². The van der Waals surface area contributed by atoms with E-state index in [9.17, 15) is 4.39 Å². The van der Waals surface area contributed by atoms with Crippen LogP contribution in [0.15, 0.2) is 67.4 Å². The molecule has 3 nitrogen and oxygen atoms in total. The quantitative estimate of drug-likeness (QED) is 0.387. The summed E-state index contributed by atoms with van der Waals surface area (Å²) in [5.41, 5.74) is 5.65. The van der Waals surface area contributed by atoms with Gasteiger partial charge in [-0.25, -0.2) is 9.37 Å². The molecule has 3 aromatic rings. The van der Waals surface area contributed by atoms with Crippen molar-refractivity contribution in [2.24, 2.45) is 0 Å². The zero-order valence-corrected chi connectivity index (χ0v) is 19.3. The van der Waals surface area contributed by atoms with Gasteiger partial charge in [0.05, 0.1) is 16.2 Å². The van der Waals surface area contributed by atoms with Gasteiger partial charge in [-0.05, 0) is 54.8 Å². The lowest BCUT2D eigenvalue weighted by molar-refractivity contribution is 0.209. The molecular weight excluding hydrogens is 421 g/mol. The molecule has 1 saturated heterocycles. The fourth-order valence-corrected chi connectivity index (χ4v) is 4.41. The van der Waals surface area contributed by atoms with E-state index in [2.05, 4.69) is 35.9 Å². The number of benzene rings is 2. The Morgan fingerprint density at radius 1 is 1.00 bits per heavy atom. The van der Waals surface area contributed by atoms with Crippen molar-refractivity contribution in [3.63, 3.8) is 0 Å². The number of nitrogens with zero attached hydrogens (tertiary/aromatic N) is 3. The summed E-state index contributed by atoms with van der Waals surface area (Å²) in [6.07, 6.45) is 3.46. The van der Waals surface area contributed by atoms with E-state index in [1.165, 1.54) is 30.7 Å². The molecule has 166 valence electrons. The third-order valence-corrected chi connectivity index (χ3v) is 6.47. The molecule has 1 aromatic heterocycles. The summed E-state index contributed by atoms with van der Waals surface area (Å²) < 4.78 is 13.3. The van der Waals surface area contributed by atoms with Crippen LogP contribution in [0.2, 0.25) is 5.02 Å². The highest BCUT2D eigenvalue weighted by atomic mass is 35.5. The molecule has 0 unspecified atom stereocenters. The van der Waals surface area contributed by atoms with Crippen molar-refractivity contribution in [2.75, 3.05) is 26.2 Å². The van der Waals surface area contributed by atoms with Crippen molar-refractivity contribution in [2.45, 2.75) is 26.2 Å². The van der Waals surface area contributed by atoms with Gasteiger partial charge in [-0.15, -0.1) is 0 Å². The van der Waals surface area contributed by atoms with Crippen LogP contribution in [-0.4, -0.2) is 41.0 Å². The number of piperazine rings is 1. The topological polar surface area (TPSA) is 19.4 Å². The van der Waals surface area contributed by atoms with Crippen molar-refractivity contribution >= 4 is 28.2 Å². The Morgan fingerprint density at radius 2 is 1.69 bits per heavy atom. The summed E-state index contributed by atoms with van der Waals surface area (Å²) in [4.78, 5) is 9.53. The van der Waals surface area contributed by atoms with Crippen LogP contribution < -0.4 is 0 Å².